The summed E-state index contributed by atoms with van der Waals surface area (Å²) in [4.78, 5) is 0. The van der Waals surface area contributed by atoms with Crippen LogP contribution in [0.15, 0.2) is 0 Å². The highest BCUT2D eigenvalue weighted by atomic mass is 19.2. The van der Waals surface area contributed by atoms with Crippen LogP contribution in [0.4, 0.5) is 110 Å². The zero-order chi connectivity index (χ0) is 48.9. The summed E-state index contributed by atoms with van der Waals surface area (Å²) in [6.45, 7) is 0. The van der Waals surface area contributed by atoms with Gasteiger partial charge >= 0.3 is 7.12 Å². The van der Waals surface area contributed by atoms with E-state index in [0.717, 1.165) is 0 Å². The minimum atomic E-state index is -4.54. The summed E-state index contributed by atoms with van der Waals surface area (Å²) in [7, 11) is -4.54. The van der Waals surface area contributed by atoms with Crippen LogP contribution in [-0.2, 0) is 0 Å². The fourth-order valence-corrected chi connectivity index (χ4v) is 7.08. The summed E-state index contributed by atoms with van der Waals surface area (Å²) in [5.41, 5.74) is -8.83. The molecule has 0 saturated heterocycles. The molecule has 0 saturated carbocycles. The minimum absolute atomic E-state index is 2.02. The van der Waals surface area contributed by atoms with E-state index in [2.05, 4.69) is 9.31 Å². The molecule has 0 unspecified atom stereocenters. The van der Waals surface area contributed by atoms with Gasteiger partial charge in [0.1, 0.15) is 0 Å². The molecule has 0 fully saturated rings. The van der Waals surface area contributed by atoms with Crippen LogP contribution in [0.5, 0.6) is 11.5 Å². The highest BCUT2D eigenvalue weighted by Gasteiger charge is 2.45. The lowest BCUT2D eigenvalue weighted by atomic mass is 9.74. The molecule has 8 aromatic rings. The summed E-state index contributed by atoms with van der Waals surface area (Å²) in [5.74, 6) is -84.6. The van der Waals surface area contributed by atoms with Crippen molar-refractivity contribution >= 4 is 55.7 Å². The molecular weight excluding hydrogens is 974 g/mol. The molecule has 0 aliphatic heterocycles. The van der Waals surface area contributed by atoms with Crippen molar-refractivity contribution in [3.05, 3.63) is 145 Å². The monoisotopic (exact) mass is 974 g/mol. The van der Waals surface area contributed by atoms with Gasteiger partial charge in [-0.25, -0.2) is 101 Å². The van der Waals surface area contributed by atoms with E-state index in [1.807, 2.05) is 0 Å². The van der Waals surface area contributed by atoms with Crippen LogP contribution in [-0.4, -0.2) is 7.12 Å². The first-order valence-corrected chi connectivity index (χ1v) is 16.6. The van der Waals surface area contributed by atoms with Crippen molar-refractivity contribution in [3.8, 4) is 22.6 Å². The lowest BCUT2D eigenvalue weighted by Crippen LogP contribution is -2.47. The Balaban J connectivity index is 1.59. The Labute approximate surface area is 343 Å². The summed E-state index contributed by atoms with van der Waals surface area (Å²) in [6, 6.07) is 0. The molecule has 0 atom stereocenters. The molecule has 28 heteroatoms. The van der Waals surface area contributed by atoms with Gasteiger partial charge in [0.25, 0.3) is 0 Å². The average molecular weight is 974 g/mol. The zero-order valence-corrected chi connectivity index (χ0v) is 29.8. The van der Waals surface area contributed by atoms with Crippen LogP contribution in [0.1, 0.15) is 0 Å². The number of hydrogen-bond donors (Lipinski definition) is 0. The van der Waals surface area contributed by atoms with Crippen molar-refractivity contribution in [1.82, 2.24) is 0 Å². The largest absolute Gasteiger partial charge is 0.636 e. The SMILES string of the molecule is Fc1c(F)c(F)c(-c2c(F)c(F)c(F)c(F)c2OB(Oc2c(F)c(F)c3c(F)c(F)c4c(F)c(F)c(F)c5c(F)c(F)c2c3c45)c2c(F)c(F)c(F)c3c(F)c(F)c(F)c(F)c23)c(F)c1F. The van der Waals surface area contributed by atoms with Crippen LogP contribution < -0.4 is 14.8 Å². The predicted molar refractivity (Wildman–Crippen MR) is 172 cm³/mol. The summed E-state index contributed by atoms with van der Waals surface area (Å²) in [6.07, 6.45) is 0. The zero-order valence-electron chi connectivity index (χ0n) is 29.8. The minimum Gasteiger partial charge on any atom is -0.519 e. The Bertz CT molecular complexity index is 3500. The Morgan fingerprint density at radius 3 is 0.879 bits per heavy atom. The fourth-order valence-electron chi connectivity index (χ4n) is 7.08. The normalized spacial score (nSPS) is 12.0. The van der Waals surface area contributed by atoms with Crippen LogP contribution in [0.3, 0.4) is 0 Å². The second kappa shape index (κ2) is 15.0. The predicted octanol–water partition coefficient (Wildman–Crippen LogP) is 12.7. The van der Waals surface area contributed by atoms with Crippen LogP contribution in [0, 0.1) is 145 Å². The molecule has 0 aliphatic carbocycles. The average Bonchev–Trinajstić information content (AvgIpc) is 3.28. The molecule has 66 heavy (non-hydrogen) atoms. The molecule has 0 bridgehead atoms. The summed E-state index contributed by atoms with van der Waals surface area (Å²) < 4.78 is 389. The molecule has 0 aliphatic rings. The third-order valence-electron chi connectivity index (χ3n) is 9.92. The third kappa shape index (κ3) is 5.70. The lowest BCUT2D eigenvalue weighted by molar-refractivity contribution is 0.361. The Morgan fingerprint density at radius 2 is 0.424 bits per heavy atom. The molecule has 342 valence electrons. The van der Waals surface area contributed by atoms with Gasteiger partial charge in [0.2, 0.25) is 17.5 Å². The van der Waals surface area contributed by atoms with Gasteiger partial charge in [0, 0.05) is 16.2 Å². The first kappa shape index (κ1) is 45.5. The smallest absolute Gasteiger partial charge is 0.519 e. The molecule has 0 spiro atoms. The quantitative estimate of drug-likeness (QED) is 0.0543. The van der Waals surface area contributed by atoms with Crippen molar-refractivity contribution in [1.29, 1.82) is 0 Å². The lowest BCUT2D eigenvalue weighted by Gasteiger charge is -2.25. The molecule has 8 aromatic carbocycles. The maximum absolute atomic E-state index is 16.2. The van der Waals surface area contributed by atoms with Gasteiger partial charge in [-0.1, -0.05) is 0 Å². The summed E-state index contributed by atoms with van der Waals surface area (Å²) in [5, 5.41) is -18.9. The molecule has 2 nitrogen and oxygen atoms in total. The molecule has 8 rings (SSSR count). The van der Waals surface area contributed by atoms with E-state index in [1.165, 1.54) is 0 Å². The van der Waals surface area contributed by atoms with E-state index >= 15 is 74.6 Å². The number of fused-ring (bicyclic) bond motifs is 1. The number of halogens is 25. The van der Waals surface area contributed by atoms with Crippen LogP contribution >= 0.6 is 0 Å². The van der Waals surface area contributed by atoms with Gasteiger partial charge in [-0.2, -0.15) is 8.78 Å². The molecular formula is C38BF25O2. The highest BCUT2D eigenvalue weighted by molar-refractivity contribution is 6.66. The molecule has 0 amide bonds. The summed E-state index contributed by atoms with van der Waals surface area (Å²) >= 11 is 0. The Hall–Kier alpha value is -7.03. The van der Waals surface area contributed by atoms with E-state index in [1.54, 1.807) is 0 Å². The van der Waals surface area contributed by atoms with Gasteiger partial charge in [-0.15, -0.1) is 0 Å². The van der Waals surface area contributed by atoms with Gasteiger partial charge in [-0.05, 0) is 0 Å². The number of hydrogen-bond acceptors (Lipinski definition) is 2. The van der Waals surface area contributed by atoms with E-state index in [9.17, 15) is 35.1 Å². The molecule has 0 radical (unpaired) electrons. The third-order valence-corrected chi connectivity index (χ3v) is 9.92. The highest BCUT2D eigenvalue weighted by Crippen LogP contribution is 2.49. The van der Waals surface area contributed by atoms with E-state index < -0.39 is 224 Å². The molecule has 0 aromatic heterocycles. The second-order valence-electron chi connectivity index (χ2n) is 13.2. The van der Waals surface area contributed by atoms with Crippen molar-refractivity contribution in [2.75, 3.05) is 0 Å². The number of benzene rings is 8. The Morgan fingerprint density at radius 1 is 0.182 bits per heavy atom. The van der Waals surface area contributed by atoms with Crippen molar-refractivity contribution in [2.45, 2.75) is 0 Å². The number of rotatable bonds is 6. The molecule has 0 heterocycles. The van der Waals surface area contributed by atoms with Gasteiger partial charge in [-0.3, -0.25) is 0 Å². The first-order chi connectivity index (χ1) is 30.7. The first-order valence-electron chi connectivity index (χ1n) is 16.6. The van der Waals surface area contributed by atoms with Crippen LogP contribution in [0.25, 0.3) is 54.2 Å². The van der Waals surface area contributed by atoms with Crippen molar-refractivity contribution in [3.63, 3.8) is 0 Å². The van der Waals surface area contributed by atoms with E-state index in [4.69, 9.17) is 0 Å². The van der Waals surface area contributed by atoms with Crippen LogP contribution in [0.2, 0.25) is 0 Å². The second-order valence-corrected chi connectivity index (χ2v) is 13.2. The Kier molecular flexibility index (Phi) is 10.4. The van der Waals surface area contributed by atoms with Gasteiger partial charge < -0.3 is 9.31 Å². The van der Waals surface area contributed by atoms with Gasteiger partial charge in [0.05, 0.1) is 43.5 Å². The standard InChI is InChI=1S/C38BF25O2/c40-12-3-7(19(47)29(57)28(12)56)18(46)27(55)25(53)11(3)39(66-38-10(24(52)32(60)34(62)36(38)64)8-20(48)30(58)33(61)31(59)21(8)49)65-37-9-2-1-4(13(41)14(42)6(2)22(50)35(37)63)16(44)26(54)17(45)5(1)15(43)23(9)51. The molecule has 0 N–H and O–H groups in total. The van der Waals surface area contributed by atoms with E-state index in [0.29, 0.717) is 0 Å². The van der Waals surface area contributed by atoms with Gasteiger partial charge in [0.15, 0.2) is 139 Å². The fraction of sp³-hybridized carbons (Fsp3) is 0. The van der Waals surface area contributed by atoms with E-state index in [-0.39, 0.29) is 0 Å². The maximum atomic E-state index is 16.2. The van der Waals surface area contributed by atoms with Crippen molar-refractivity contribution in [2.24, 2.45) is 0 Å². The van der Waals surface area contributed by atoms with Crippen molar-refractivity contribution < 1.29 is 119 Å². The maximum Gasteiger partial charge on any atom is 0.636 e. The topological polar surface area (TPSA) is 18.5 Å².